The van der Waals surface area contributed by atoms with Crippen LogP contribution in [-0.4, -0.2) is 33.6 Å². The first kappa shape index (κ1) is 13.6. The Morgan fingerprint density at radius 2 is 1.76 bits per heavy atom. The molecule has 96 valence electrons. The molecule has 0 aliphatic rings. The van der Waals surface area contributed by atoms with Crippen molar-refractivity contribution in [2.75, 3.05) is 13.2 Å². The summed E-state index contributed by atoms with van der Waals surface area (Å²) in [6, 6.07) is 2.85. The molecular formula is C12H19NO4. The first-order valence-electron chi connectivity index (χ1n) is 5.42. The van der Waals surface area contributed by atoms with Gasteiger partial charge in [0.1, 0.15) is 0 Å². The molecule has 0 aromatic heterocycles. The molecule has 17 heavy (non-hydrogen) atoms. The van der Waals surface area contributed by atoms with Gasteiger partial charge in [-0.25, -0.2) is 0 Å². The second kappa shape index (κ2) is 5.25. The van der Waals surface area contributed by atoms with Crippen molar-refractivity contribution >= 4 is 0 Å². The highest BCUT2D eigenvalue weighted by atomic mass is 16.3. The number of benzene rings is 1. The molecule has 0 aliphatic carbocycles. The molecule has 5 heteroatoms. The third kappa shape index (κ3) is 3.51. The van der Waals surface area contributed by atoms with E-state index in [4.69, 9.17) is 10.2 Å². The van der Waals surface area contributed by atoms with E-state index in [-0.39, 0.29) is 23.5 Å². The van der Waals surface area contributed by atoms with E-state index in [1.165, 1.54) is 12.1 Å². The van der Waals surface area contributed by atoms with Crippen molar-refractivity contribution in [2.24, 2.45) is 5.41 Å². The van der Waals surface area contributed by atoms with Crippen LogP contribution in [0.2, 0.25) is 0 Å². The maximum absolute atomic E-state index is 9.57. The van der Waals surface area contributed by atoms with Crippen LogP contribution in [0, 0.1) is 5.41 Å². The summed E-state index contributed by atoms with van der Waals surface area (Å²) < 4.78 is 0. The van der Waals surface area contributed by atoms with Gasteiger partial charge >= 0.3 is 0 Å². The van der Waals surface area contributed by atoms with Gasteiger partial charge in [0.15, 0.2) is 11.5 Å². The molecule has 0 unspecified atom stereocenters. The summed E-state index contributed by atoms with van der Waals surface area (Å²) in [5, 5.41) is 40.2. The molecule has 1 aromatic carbocycles. The van der Waals surface area contributed by atoms with E-state index in [0.717, 1.165) is 0 Å². The van der Waals surface area contributed by atoms with Crippen molar-refractivity contribution in [2.45, 2.75) is 20.4 Å². The number of phenolic OH excluding ortho intramolecular Hbond substituents is 3. The number of aromatic hydroxyl groups is 3. The molecule has 0 spiro atoms. The minimum absolute atomic E-state index is 0.0623. The van der Waals surface area contributed by atoms with Crippen LogP contribution in [0.4, 0.5) is 0 Å². The monoisotopic (exact) mass is 241 g/mol. The molecule has 0 fully saturated rings. The van der Waals surface area contributed by atoms with Crippen LogP contribution in [0.25, 0.3) is 0 Å². The van der Waals surface area contributed by atoms with Gasteiger partial charge < -0.3 is 25.7 Å². The Morgan fingerprint density at radius 1 is 1.12 bits per heavy atom. The second-order valence-electron chi connectivity index (χ2n) is 4.87. The van der Waals surface area contributed by atoms with Gasteiger partial charge in [-0.3, -0.25) is 0 Å². The maximum atomic E-state index is 9.57. The quantitative estimate of drug-likeness (QED) is 0.494. The first-order chi connectivity index (χ1) is 7.87. The summed E-state index contributed by atoms with van der Waals surface area (Å²) in [5.41, 5.74) is 0.253. The number of hydrogen-bond donors (Lipinski definition) is 5. The Kier molecular flexibility index (Phi) is 4.20. The number of rotatable bonds is 5. The zero-order valence-electron chi connectivity index (χ0n) is 10.1. The van der Waals surface area contributed by atoms with Gasteiger partial charge in [0, 0.05) is 30.7 Å². The molecule has 0 amide bonds. The summed E-state index contributed by atoms with van der Waals surface area (Å²) in [4.78, 5) is 0. The van der Waals surface area contributed by atoms with Gasteiger partial charge in [-0.2, -0.15) is 0 Å². The molecule has 0 heterocycles. The molecule has 5 nitrogen and oxygen atoms in total. The Hall–Kier alpha value is -1.46. The van der Waals surface area contributed by atoms with Gasteiger partial charge in [0.05, 0.1) is 0 Å². The van der Waals surface area contributed by atoms with Crippen LogP contribution in [0.1, 0.15) is 19.4 Å². The standard InChI is InChI=1S/C12H19NO4/c1-12(2,7-14)6-13-5-8-3-4-9(15)11(17)10(8)16/h3-4,13-17H,5-7H2,1-2H3. The highest BCUT2D eigenvalue weighted by Gasteiger charge is 2.16. The Balaban J connectivity index is 2.62. The smallest absolute Gasteiger partial charge is 0.200 e. The molecule has 1 rings (SSSR count). The van der Waals surface area contributed by atoms with E-state index < -0.39 is 5.75 Å². The number of hydrogen-bond acceptors (Lipinski definition) is 5. The summed E-state index contributed by atoms with van der Waals surface area (Å²) >= 11 is 0. The highest BCUT2D eigenvalue weighted by molar-refractivity contribution is 5.52. The Morgan fingerprint density at radius 3 is 2.35 bits per heavy atom. The molecular weight excluding hydrogens is 222 g/mol. The van der Waals surface area contributed by atoms with Crippen LogP contribution >= 0.6 is 0 Å². The van der Waals surface area contributed by atoms with E-state index in [1.807, 2.05) is 13.8 Å². The molecule has 0 aliphatic heterocycles. The van der Waals surface area contributed by atoms with Crippen LogP contribution < -0.4 is 5.32 Å². The zero-order valence-corrected chi connectivity index (χ0v) is 10.1. The average molecular weight is 241 g/mol. The van der Waals surface area contributed by atoms with Gasteiger partial charge in [0.2, 0.25) is 5.75 Å². The fourth-order valence-electron chi connectivity index (χ4n) is 1.34. The summed E-state index contributed by atoms with van der Waals surface area (Å²) in [7, 11) is 0. The zero-order chi connectivity index (χ0) is 13.1. The third-order valence-electron chi connectivity index (χ3n) is 2.56. The van der Waals surface area contributed by atoms with Crippen molar-refractivity contribution < 1.29 is 20.4 Å². The Labute approximate surface area is 100 Å². The molecule has 0 saturated heterocycles. The number of phenols is 3. The lowest BCUT2D eigenvalue weighted by molar-refractivity contribution is 0.156. The van der Waals surface area contributed by atoms with Crippen LogP contribution in [0.5, 0.6) is 17.2 Å². The molecule has 0 saturated carbocycles. The van der Waals surface area contributed by atoms with Crippen molar-refractivity contribution in [1.82, 2.24) is 5.32 Å². The Bertz CT molecular complexity index is 390. The van der Waals surface area contributed by atoms with E-state index in [0.29, 0.717) is 18.7 Å². The van der Waals surface area contributed by atoms with Crippen LogP contribution in [0.15, 0.2) is 12.1 Å². The fourth-order valence-corrected chi connectivity index (χ4v) is 1.34. The molecule has 5 N–H and O–H groups in total. The van der Waals surface area contributed by atoms with Crippen molar-refractivity contribution in [1.29, 1.82) is 0 Å². The topological polar surface area (TPSA) is 93.0 Å². The van der Waals surface area contributed by atoms with Crippen molar-refractivity contribution in [3.63, 3.8) is 0 Å². The second-order valence-corrected chi connectivity index (χ2v) is 4.87. The van der Waals surface area contributed by atoms with Crippen molar-refractivity contribution in [3.8, 4) is 17.2 Å². The normalized spacial score (nSPS) is 11.7. The SMILES string of the molecule is CC(C)(CO)CNCc1ccc(O)c(O)c1O. The van der Waals surface area contributed by atoms with E-state index in [2.05, 4.69) is 5.32 Å². The van der Waals surface area contributed by atoms with Gasteiger partial charge in [-0.05, 0) is 6.07 Å². The maximum Gasteiger partial charge on any atom is 0.200 e. The fraction of sp³-hybridized carbons (Fsp3) is 0.500. The summed E-state index contributed by atoms with van der Waals surface area (Å²) in [6.07, 6.45) is 0. The van der Waals surface area contributed by atoms with Crippen LogP contribution in [-0.2, 0) is 6.54 Å². The largest absolute Gasteiger partial charge is 0.504 e. The van der Waals surface area contributed by atoms with E-state index in [9.17, 15) is 10.2 Å². The van der Waals surface area contributed by atoms with Crippen LogP contribution in [0.3, 0.4) is 0 Å². The van der Waals surface area contributed by atoms with Gasteiger partial charge in [0.25, 0.3) is 0 Å². The molecule has 0 atom stereocenters. The minimum Gasteiger partial charge on any atom is -0.504 e. The lowest BCUT2D eigenvalue weighted by Crippen LogP contribution is -2.31. The summed E-state index contributed by atoms with van der Waals surface area (Å²) in [6.45, 7) is 4.81. The van der Waals surface area contributed by atoms with E-state index in [1.54, 1.807) is 0 Å². The highest BCUT2D eigenvalue weighted by Crippen LogP contribution is 2.36. The first-order valence-corrected chi connectivity index (χ1v) is 5.42. The van der Waals surface area contributed by atoms with Gasteiger partial charge in [-0.1, -0.05) is 19.9 Å². The predicted molar refractivity (Wildman–Crippen MR) is 64.0 cm³/mol. The third-order valence-corrected chi connectivity index (χ3v) is 2.56. The van der Waals surface area contributed by atoms with E-state index >= 15 is 0 Å². The minimum atomic E-state index is -0.509. The molecule has 1 aromatic rings. The average Bonchev–Trinajstić information content (AvgIpc) is 2.29. The van der Waals surface area contributed by atoms with Crippen molar-refractivity contribution in [3.05, 3.63) is 17.7 Å². The molecule has 0 radical (unpaired) electrons. The van der Waals surface area contributed by atoms with Gasteiger partial charge in [-0.15, -0.1) is 0 Å². The number of aliphatic hydroxyl groups excluding tert-OH is 1. The summed E-state index contributed by atoms with van der Waals surface area (Å²) in [5.74, 6) is -1.17. The lowest BCUT2D eigenvalue weighted by Gasteiger charge is -2.22. The number of aliphatic hydroxyl groups is 1. The number of nitrogens with one attached hydrogen (secondary N) is 1. The molecule has 0 bridgehead atoms. The predicted octanol–water partition coefficient (Wildman–Crippen LogP) is 0.911. The lowest BCUT2D eigenvalue weighted by atomic mass is 9.95.